The first-order valence-electron chi connectivity index (χ1n) is 4.91. The first-order valence-corrected chi connectivity index (χ1v) is 5.79. The van der Waals surface area contributed by atoms with Crippen molar-refractivity contribution in [2.45, 2.75) is 32.6 Å². The number of carbonyl (C=O) groups excluding carboxylic acids is 1. The number of hydrogen-bond acceptors (Lipinski definition) is 2. The number of primary amides is 1. The van der Waals surface area contributed by atoms with E-state index in [0.717, 1.165) is 6.42 Å². The minimum absolute atomic E-state index is 0.205. The van der Waals surface area contributed by atoms with Crippen LogP contribution in [-0.4, -0.2) is 5.91 Å². The minimum Gasteiger partial charge on any atom is -0.370 e. The van der Waals surface area contributed by atoms with Gasteiger partial charge >= 0.3 is 0 Å². The number of rotatable bonds is 5. The highest BCUT2D eigenvalue weighted by atomic mass is 32.1. The van der Waals surface area contributed by atoms with Gasteiger partial charge in [-0.15, -0.1) is 11.3 Å². The summed E-state index contributed by atoms with van der Waals surface area (Å²) in [5.74, 6) is 0.706. The smallest absolute Gasteiger partial charge is 0.218 e. The van der Waals surface area contributed by atoms with Gasteiger partial charge in [-0.3, -0.25) is 4.79 Å². The number of carbonyl (C=O) groups is 1. The van der Waals surface area contributed by atoms with Crippen molar-refractivity contribution in [3.8, 4) is 0 Å². The number of nitrogens with two attached hydrogens (primary N) is 1. The van der Waals surface area contributed by atoms with Crippen LogP contribution in [0, 0.1) is 5.92 Å². The van der Waals surface area contributed by atoms with Gasteiger partial charge < -0.3 is 5.73 Å². The lowest BCUT2D eigenvalue weighted by molar-refractivity contribution is -0.118. The molecule has 0 aromatic carbocycles. The van der Waals surface area contributed by atoms with Crippen LogP contribution in [0.2, 0.25) is 0 Å². The average Bonchev–Trinajstić information content (AvgIpc) is 2.52. The van der Waals surface area contributed by atoms with E-state index in [9.17, 15) is 4.79 Å². The van der Waals surface area contributed by atoms with E-state index in [-0.39, 0.29) is 5.91 Å². The normalized spacial score (nSPS) is 13.1. The van der Waals surface area contributed by atoms with Gasteiger partial charge in [0.2, 0.25) is 5.91 Å². The maximum atomic E-state index is 10.9. The van der Waals surface area contributed by atoms with Crippen molar-refractivity contribution in [1.29, 1.82) is 0 Å². The van der Waals surface area contributed by atoms with Gasteiger partial charge in [0, 0.05) is 17.2 Å². The highest BCUT2D eigenvalue weighted by Crippen LogP contribution is 2.30. The quantitative estimate of drug-likeness (QED) is 0.799. The zero-order chi connectivity index (χ0) is 10.6. The molecule has 1 rings (SSSR count). The second kappa shape index (κ2) is 5.15. The Labute approximate surface area is 89.1 Å². The molecule has 0 fully saturated rings. The Bertz CT molecular complexity index is 279. The van der Waals surface area contributed by atoms with Gasteiger partial charge in [-0.1, -0.05) is 19.9 Å². The zero-order valence-corrected chi connectivity index (χ0v) is 9.51. The van der Waals surface area contributed by atoms with E-state index in [0.29, 0.717) is 18.3 Å². The van der Waals surface area contributed by atoms with Crippen molar-refractivity contribution >= 4 is 17.2 Å². The molecule has 0 aliphatic carbocycles. The van der Waals surface area contributed by atoms with Crippen molar-refractivity contribution in [2.24, 2.45) is 11.7 Å². The fourth-order valence-electron chi connectivity index (χ4n) is 1.64. The summed E-state index contributed by atoms with van der Waals surface area (Å²) in [6.45, 7) is 4.34. The Hall–Kier alpha value is -0.830. The lowest BCUT2D eigenvalue weighted by Gasteiger charge is -2.15. The lowest BCUT2D eigenvalue weighted by Crippen LogP contribution is -2.16. The first-order chi connectivity index (χ1) is 6.59. The number of hydrogen-bond donors (Lipinski definition) is 1. The van der Waals surface area contributed by atoms with Crippen LogP contribution in [-0.2, 0) is 4.79 Å². The van der Waals surface area contributed by atoms with Crippen LogP contribution < -0.4 is 5.73 Å². The molecular weight excluding hydrogens is 194 g/mol. The van der Waals surface area contributed by atoms with Crippen molar-refractivity contribution in [1.82, 2.24) is 0 Å². The van der Waals surface area contributed by atoms with Crippen LogP contribution in [0.1, 0.15) is 37.5 Å². The Kier molecular flexibility index (Phi) is 4.14. The minimum atomic E-state index is -0.205. The summed E-state index contributed by atoms with van der Waals surface area (Å²) >= 11 is 1.71. The molecule has 78 valence electrons. The van der Waals surface area contributed by atoms with E-state index in [1.165, 1.54) is 4.88 Å². The monoisotopic (exact) mass is 211 g/mol. The van der Waals surface area contributed by atoms with Gasteiger partial charge in [0.05, 0.1) is 0 Å². The highest BCUT2D eigenvalue weighted by Gasteiger charge is 2.16. The Morgan fingerprint density at radius 3 is 2.71 bits per heavy atom. The topological polar surface area (TPSA) is 43.1 Å². The highest BCUT2D eigenvalue weighted by molar-refractivity contribution is 7.10. The van der Waals surface area contributed by atoms with Crippen molar-refractivity contribution in [3.63, 3.8) is 0 Å². The third-order valence-electron chi connectivity index (χ3n) is 2.15. The van der Waals surface area contributed by atoms with Gasteiger partial charge in [-0.05, 0) is 23.8 Å². The summed E-state index contributed by atoms with van der Waals surface area (Å²) in [5, 5.41) is 2.05. The van der Waals surface area contributed by atoms with Crippen LogP contribution in [0.25, 0.3) is 0 Å². The molecule has 1 amide bonds. The summed E-state index contributed by atoms with van der Waals surface area (Å²) in [6.07, 6.45) is 1.50. The molecule has 2 N–H and O–H groups in total. The summed E-state index contributed by atoms with van der Waals surface area (Å²) in [6, 6.07) is 4.11. The third kappa shape index (κ3) is 3.50. The van der Waals surface area contributed by atoms with Gasteiger partial charge in [0.15, 0.2) is 0 Å². The first kappa shape index (κ1) is 11.2. The van der Waals surface area contributed by atoms with Crippen LogP contribution in [0.15, 0.2) is 17.5 Å². The van der Waals surface area contributed by atoms with Gasteiger partial charge in [0.25, 0.3) is 0 Å². The molecule has 14 heavy (non-hydrogen) atoms. The summed E-state index contributed by atoms with van der Waals surface area (Å²) in [4.78, 5) is 12.2. The molecule has 0 saturated carbocycles. The predicted molar refractivity (Wildman–Crippen MR) is 60.3 cm³/mol. The molecule has 0 aliphatic rings. The summed E-state index contributed by atoms with van der Waals surface area (Å²) < 4.78 is 0. The van der Waals surface area contributed by atoms with Crippen molar-refractivity contribution in [3.05, 3.63) is 22.4 Å². The maximum absolute atomic E-state index is 10.9. The third-order valence-corrected chi connectivity index (χ3v) is 3.18. The van der Waals surface area contributed by atoms with Crippen LogP contribution in [0.4, 0.5) is 0 Å². The van der Waals surface area contributed by atoms with Crippen LogP contribution in [0.3, 0.4) is 0 Å². The van der Waals surface area contributed by atoms with E-state index < -0.39 is 0 Å². The van der Waals surface area contributed by atoms with E-state index in [4.69, 9.17) is 5.73 Å². The zero-order valence-electron chi connectivity index (χ0n) is 8.69. The SMILES string of the molecule is CC(C)CC(CC(N)=O)c1cccs1. The summed E-state index contributed by atoms with van der Waals surface area (Å²) in [7, 11) is 0. The number of thiophene rings is 1. The van der Waals surface area contributed by atoms with E-state index >= 15 is 0 Å². The van der Waals surface area contributed by atoms with E-state index in [2.05, 4.69) is 19.9 Å². The second-order valence-corrected chi connectivity index (χ2v) is 4.99. The van der Waals surface area contributed by atoms with Gasteiger partial charge in [-0.25, -0.2) is 0 Å². The van der Waals surface area contributed by atoms with Crippen molar-refractivity contribution in [2.75, 3.05) is 0 Å². The molecule has 1 aromatic rings. The molecular formula is C11H17NOS. The predicted octanol–water partition coefficient (Wildman–Crippen LogP) is 2.75. The molecule has 3 heteroatoms. The maximum Gasteiger partial charge on any atom is 0.218 e. The Morgan fingerprint density at radius 1 is 1.57 bits per heavy atom. The van der Waals surface area contributed by atoms with E-state index in [1.807, 2.05) is 11.4 Å². The molecule has 0 spiro atoms. The Morgan fingerprint density at radius 2 is 2.29 bits per heavy atom. The van der Waals surface area contributed by atoms with Crippen molar-refractivity contribution < 1.29 is 4.79 Å². The van der Waals surface area contributed by atoms with Gasteiger partial charge in [0.1, 0.15) is 0 Å². The largest absolute Gasteiger partial charge is 0.370 e. The average molecular weight is 211 g/mol. The second-order valence-electron chi connectivity index (χ2n) is 4.01. The molecule has 1 aromatic heterocycles. The molecule has 1 unspecified atom stereocenters. The fourth-order valence-corrected chi connectivity index (χ4v) is 2.48. The fraction of sp³-hybridized carbons (Fsp3) is 0.545. The molecule has 0 aliphatic heterocycles. The molecule has 1 heterocycles. The molecule has 2 nitrogen and oxygen atoms in total. The van der Waals surface area contributed by atoms with Gasteiger partial charge in [-0.2, -0.15) is 0 Å². The molecule has 0 radical (unpaired) electrons. The lowest BCUT2D eigenvalue weighted by atomic mass is 9.92. The molecule has 1 atom stereocenters. The van der Waals surface area contributed by atoms with Crippen LogP contribution in [0.5, 0.6) is 0 Å². The molecule has 0 bridgehead atoms. The molecule has 0 saturated heterocycles. The summed E-state index contributed by atoms with van der Waals surface area (Å²) in [5.41, 5.74) is 5.24. The number of amides is 1. The standard InChI is InChI=1S/C11H17NOS/c1-8(2)6-9(7-11(12)13)10-4-3-5-14-10/h3-5,8-9H,6-7H2,1-2H3,(H2,12,13). The van der Waals surface area contributed by atoms with E-state index in [1.54, 1.807) is 11.3 Å². The van der Waals surface area contributed by atoms with Crippen LogP contribution >= 0.6 is 11.3 Å². The Balaban J connectivity index is 2.67.